The molecule has 20 heavy (non-hydrogen) atoms. The van der Waals surface area contributed by atoms with Crippen LogP contribution in [0.4, 0.5) is 5.82 Å². The van der Waals surface area contributed by atoms with Crippen molar-refractivity contribution in [3.8, 4) is 0 Å². The van der Waals surface area contributed by atoms with Crippen LogP contribution in [-0.4, -0.2) is 35.3 Å². The first-order chi connectivity index (χ1) is 9.58. The molecule has 5 nitrogen and oxygen atoms in total. The molecule has 110 valence electrons. The van der Waals surface area contributed by atoms with E-state index in [2.05, 4.69) is 24.1 Å². The Hall–Kier alpha value is -1.62. The molecule has 0 radical (unpaired) electrons. The third-order valence-electron chi connectivity index (χ3n) is 3.66. The van der Waals surface area contributed by atoms with Crippen LogP contribution in [0.25, 0.3) is 0 Å². The number of rotatable bonds is 5. The predicted molar refractivity (Wildman–Crippen MR) is 77.0 cm³/mol. The number of aromatic carboxylic acids is 1. The van der Waals surface area contributed by atoms with Gasteiger partial charge >= 0.3 is 5.97 Å². The summed E-state index contributed by atoms with van der Waals surface area (Å²) >= 11 is 0. The fraction of sp³-hybridized carbons (Fsp3) is 0.600. The number of hydrogen-bond donors (Lipinski definition) is 2. The van der Waals surface area contributed by atoms with Crippen molar-refractivity contribution < 1.29 is 14.6 Å². The van der Waals surface area contributed by atoms with Crippen LogP contribution < -0.4 is 5.32 Å². The number of pyridine rings is 1. The molecule has 2 rings (SSSR count). The number of carboxylic acids is 1. The number of hydrogen-bond acceptors (Lipinski definition) is 4. The van der Waals surface area contributed by atoms with Crippen molar-refractivity contribution in [2.45, 2.75) is 32.8 Å². The zero-order chi connectivity index (χ0) is 14.5. The molecule has 1 fully saturated rings. The van der Waals surface area contributed by atoms with E-state index in [4.69, 9.17) is 9.84 Å². The monoisotopic (exact) mass is 278 g/mol. The Morgan fingerprint density at radius 3 is 3.05 bits per heavy atom. The lowest BCUT2D eigenvalue weighted by molar-refractivity contribution is -0.0481. The number of carboxylic acid groups (broad SMARTS) is 1. The fourth-order valence-electron chi connectivity index (χ4n) is 2.71. The molecule has 0 amide bonds. The average Bonchev–Trinajstić information content (AvgIpc) is 2.45. The van der Waals surface area contributed by atoms with E-state index in [0.29, 0.717) is 17.7 Å². The average molecular weight is 278 g/mol. The highest BCUT2D eigenvalue weighted by Crippen LogP contribution is 2.26. The molecule has 2 heterocycles. The Bertz CT molecular complexity index is 462. The highest BCUT2D eigenvalue weighted by atomic mass is 16.5. The molecule has 0 spiro atoms. The maximum atomic E-state index is 10.9. The van der Waals surface area contributed by atoms with Crippen molar-refractivity contribution in [3.05, 3.63) is 23.9 Å². The second kappa shape index (κ2) is 6.70. The predicted octanol–water partition coefficient (Wildman–Crippen LogP) is 2.64. The third kappa shape index (κ3) is 3.70. The van der Waals surface area contributed by atoms with Gasteiger partial charge in [0.15, 0.2) is 5.69 Å². The molecule has 1 aromatic heterocycles. The van der Waals surface area contributed by atoms with Crippen molar-refractivity contribution in [2.75, 3.05) is 18.5 Å². The van der Waals surface area contributed by atoms with Gasteiger partial charge in [0.2, 0.25) is 0 Å². The summed E-state index contributed by atoms with van der Waals surface area (Å²) in [7, 11) is 0. The van der Waals surface area contributed by atoms with Crippen molar-refractivity contribution in [1.29, 1.82) is 0 Å². The van der Waals surface area contributed by atoms with Crippen LogP contribution >= 0.6 is 0 Å². The molecule has 2 N–H and O–H groups in total. The zero-order valence-corrected chi connectivity index (χ0v) is 12.0. The maximum Gasteiger partial charge on any atom is 0.354 e. The van der Waals surface area contributed by atoms with Crippen LogP contribution in [-0.2, 0) is 4.74 Å². The summed E-state index contributed by atoms with van der Waals surface area (Å²) in [5.74, 6) is 0.534. The molecule has 0 aliphatic carbocycles. The SMILES string of the molecule is CC(C)C1OCCCC1CNc1cccc(C(=O)O)n1. The van der Waals surface area contributed by atoms with E-state index in [0.717, 1.165) is 26.0 Å². The van der Waals surface area contributed by atoms with E-state index < -0.39 is 5.97 Å². The Kier molecular flexibility index (Phi) is 4.95. The van der Waals surface area contributed by atoms with Crippen molar-refractivity contribution in [1.82, 2.24) is 4.98 Å². The number of nitrogens with zero attached hydrogens (tertiary/aromatic N) is 1. The molecule has 1 saturated heterocycles. The van der Waals surface area contributed by atoms with Crippen LogP contribution in [0.5, 0.6) is 0 Å². The topological polar surface area (TPSA) is 71.5 Å². The zero-order valence-electron chi connectivity index (χ0n) is 12.0. The molecule has 1 aliphatic rings. The molecule has 2 atom stereocenters. The Labute approximate surface area is 119 Å². The molecule has 0 bridgehead atoms. The molecule has 5 heteroatoms. The van der Waals surface area contributed by atoms with Crippen LogP contribution in [0.1, 0.15) is 37.2 Å². The summed E-state index contributed by atoms with van der Waals surface area (Å²) in [5, 5.41) is 12.2. The minimum Gasteiger partial charge on any atom is -0.477 e. The van der Waals surface area contributed by atoms with E-state index in [9.17, 15) is 4.79 Å². The van der Waals surface area contributed by atoms with Gasteiger partial charge in [-0.2, -0.15) is 0 Å². The summed E-state index contributed by atoms with van der Waals surface area (Å²) in [4.78, 5) is 15.0. The van der Waals surface area contributed by atoms with Crippen LogP contribution in [0.2, 0.25) is 0 Å². The van der Waals surface area contributed by atoms with Gasteiger partial charge in [-0.1, -0.05) is 19.9 Å². The van der Waals surface area contributed by atoms with Gasteiger partial charge in [-0.3, -0.25) is 0 Å². The number of anilines is 1. The number of ether oxygens (including phenoxy) is 1. The minimum atomic E-state index is -1.00. The largest absolute Gasteiger partial charge is 0.477 e. The van der Waals surface area contributed by atoms with Gasteiger partial charge in [-0.05, 0) is 30.9 Å². The second-order valence-electron chi connectivity index (χ2n) is 5.58. The standard InChI is InChI=1S/C15H22N2O3/c1-10(2)14-11(5-4-8-20-14)9-16-13-7-3-6-12(17-13)15(18)19/h3,6-7,10-11,14H,4-5,8-9H2,1-2H3,(H,16,17)(H,18,19). The lowest BCUT2D eigenvalue weighted by atomic mass is 9.87. The van der Waals surface area contributed by atoms with Gasteiger partial charge in [-0.25, -0.2) is 9.78 Å². The number of aromatic nitrogens is 1. The quantitative estimate of drug-likeness (QED) is 0.866. The summed E-state index contributed by atoms with van der Waals surface area (Å²) in [6.45, 7) is 5.95. The van der Waals surface area contributed by atoms with Gasteiger partial charge in [0.25, 0.3) is 0 Å². The van der Waals surface area contributed by atoms with Crippen molar-refractivity contribution >= 4 is 11.8 Å². The van der Waals surface area contributed by atoms with E-state index >= 15 is 0 Å². The minimum absolute atomic E-state index is 0.0651. The summed E-state index contributed by atoms with van der Waals surface area (Å²) < 4.78 is 5.85. The van der Waals surface area contributed by atoms with Gasteiger partial charge in [0, 0.05) is 19.1 Å². The number of carbonyl (C=O) groups is 1. The normalized spacial score (nSPS) is 22.8. The summed E-state index contributed by atoms with van der Waals surface area (Å²) in [5.41, 5.74) is 0.0651. The van der Waals surface area contributed by atoms with Crippen LogP contribution in [0.15, 0.2) is 18.2 Å². The highest BCUT2D eigenvalue weighted by Gasteiger charge is 2.28. The van der Waals surface area contributed by atoms with Gasteiger partial charge in [-0.15, -0.1) is 0 Å². The molecule has 0 saturated carbocycles. The lowest BCUT2D eigenvalue weighted by Crippen LogP contribution is -2.37. The summed E-state index contributed by atoms with van der Waals surface area (Å²) in [6.07, 6.45) is 2.48. The first-order valence-electron chi connectivity index (χ1n) is 7.13. The third-order valence-corrected chi connectivity index (χ3v) is 3.66. The van der Waals surface area contributed by atoms with Gasteiger partial charge in [0.1, 0.15) is 5.82 Å². The Balaban J connectivity index is 1.96. The summed E-state index contributed by atoms with van der Waals surface area (Å²) in [6, 6.07) is 4.99. The Morgan fingerprint density at radius 2 is 2.35 bits per heavy atom. The molecule has 0 aromatic carbocycles. The fourth-order valence-corrected chi connectivity index (χ4v) is 2.71. The molecule has 1 aliphatic heterocycles. The Morgan fingerprint density at radius 1 is 1.55 bits per heavy atom. The molecule has 2 unspecified atom stereocenters. The first kappa shape index (κ1) is 14.8. The van der Waals surface area contributed by atoms with E-state index in [-0.39, 0.29) is 11.8 Å². The highest BCUT2D eigenvalue weighted by molar-refractivity contribution is 5.85. The molecular formula is C15H22N2O3. The van der Waals surface area contributed by atoms with Crippen molar-refractivity contribution in [2.24, 2.45) is 11.8 Å². The molecule has 1 aromatic rings. The van der Waals surface area contributed by atoms with Crippen LogP contribution in [0.3, 0.4) is 0 Å². The second-order valence-corrected chi connectivity index (χ2v) is 5.58. The van der Waals surface area contributed by atoms with E-state index in [1.54, 1.807) is 12.1 Å². The van der Waals surface area contributed by atoms with E-state index in [1.165, 1.54) is 6.07 Å². The lowest BCUT2D eigenvalue weighted by Gasteiger charge is -2.34. The van der Waals surface area contributed by atoms with Gasteiger partial charge < -0.3 is 15.2 Å². The van der Waals surface area contributed by atoms with E-state index in [1.807, 2.05) is 0 Å². The smallest absolute Gasteiger partial charge is 0.354 e. The van der Waals surface area contributed by atoms with Crippen molar-refractivity contribution in [3.63, 3.8) is 0 Å². The first-order valence-corrected chi connectivity index (χ1v) is 7.13. The molecular weight excluding hydrogens is 256 g/mol. The van der Waals surface area contributed by atoms with Gasteiger partial charge in [0.05, 0.1) is 6.10 Å². The maximum absolute atomic E-state index is 10.9. The number of nitrogens with one attached hydrogen (secondary N) is 1. The van der Waals surface area contributed by atoms with Crippen LogP contribution in [0, 0.1) is 11.8 Å².